The van der Waals surface area contributed by atoms with Crippen molar-refractivity contribution in [2.45, 2.75) is 6.92 Å². The van der Waals surface area contributed by atoms with Crippen LogP contribution in [-0.2, 0) is 4.79 Å². The summed E-state index contributed by atoms with van der Waals surface area (Å²) >= 11 is 5.26. The summed E-state index contributed by atoms with van der Waals surface area (Å²) in [6.07, 6.45) is 0. The molecule has 152 valence electrons. The highest BCUT2D eigenvalue weighted by Crippen LogP contribution is 2.20. The number of nitrogens with zero attached hydrogens (tertiary/aromatic N) is 2. The molecule has 8 heteroatoms. The van der Waals surface area contributed by atoms with Crippen molar-refractivity contribution in [2.75, 3.05) is 43.5 Å². The molecule has 2 N–H and O–H groups in total. The molecule has 1 heterocycles. The van der Waals surface area contributed by atoms with E-state index in [2.05, 4.69) is 15.5 Å². The first kappa shape index (κ1) is 20.6. The number of methoxy groups -OCH3 is 1. The van der Waals surface area contributed by atoms with Crippen molar-refractivity contribution in [3.05, 3.63) is 54.1 Å². The molecule has 1 saturated heterocycles. The molecule has 0 unspecified atom stereocenters. The molecule has 0 atom stereocenters. The van der Waals surface area contributed by atoms with E-state index in [0.29, 0.717) is 11.3 Å². The van der Waals surface area contributed by atoms with Crippen LogP contribution in [0.1, 0.15) is 17.3 Å². The lowest BCUT2D eigenvalue weighted by atomic mass is 10.2. The molecule has 0 bridgehead atoms. The number of anilines is 2. The van der Waals surface area contributed by atoms with Crippen LogP contribution < -0.4 is 20.3 Å². The molecule has 0 radical (unpaired) electrons. The molecule has 1 aliphatic heterocycles. The number of hydrogen-bond donors (Lipinski definition) is 2. The molecule has 29 heavy (non-hydrogen) atoms. The maximum absolute atomic E-state index is 12.4. The first-order valence-electron chi connectivity index (χ1n) is 9.34. The van der Waals surface area contributed by atoms with Crippen LogP contribution in [0, 0.1) is 0 Å². The van der Waals surface area contributed by atoms with E-state index in [1.807, 2.05) is 29.2 Å². The van der Waals surface area contributed by atoms with Gasteiger partial charge in [0.1, 0.15) is 5.75 Å². The zero-order valence-corrected chi connectivity index (χ0v) is 17.3. The number of rotatable bonds is 4. The molecule has 2 aromatic rings. The maximum Gasteiger partial charge on any atom is 0.261 e. The summed E-state index contributed by atoms with van der Waals surface area (Å²) in [5.41, 5.74) is 2.28. The molecule has 3 rings (SSSR count). The summed E-state index contributed by atoms with van der Waals surface area (Å²) in [7, 11) is 1.52. The van der Waals surface area contributed by atoms with Gasteiger partial charge in [-0.25, -0.2) is 0 Å². The zero-order chi connectivity index (χ0) is 20.8. The van der Waals surface area contributed by atoms with Crippen LogP contribution in [0.2, 0.25) is 0 Å². The zero-order valence-electron chi connectivity index (χ0n) is 16.5. The second-order valence-corrected chi connectivity index (χ2v) is 7.06. The predicted molar refractivity (Wildman–Crippen MR) is 118 cm³/mol. The van der Waals surface area contributed by atoms with Crippen LogP contribution in [0.25, 0.3) is 0 Å². The smallest absolute Gasteiger partial charge is 0.261 e. The van der Waals surface area contributed by atoms with E-state index < -0.39 is 0 Å². The highest BCUT2D eigenvalue weighted by Gasteiger charge is 2.18. The highest BCUT2D eigenvalue weighted by atomic mass is 32.1. The summed E-state index contributed by atoms with van der Waals surface area (Å²) < 4.78 is 5.21. The number of nitrogens with one attached hydrogen (secondary N) is 2. The lowest BCUT2D eigenvalue weighted by Crippen LogP contribution is -2.48. The number of benzene rings is 2. The van der Waals surface area contributed by atoms with Gasteiger partial charge in [-0.2, -0.15) is 0 Å². The number of thiocarbonyl (C=S) groups is 1. The van der Waals surface area contributed by atoms with Gasteiger partial charge in [0, 0.05) is 44.5 Å². The van der Waals surface area contributed by atoms with Crippen LogP contribution in [0.5, 0.6) is 5.75 Å². The van der Waals surface area contributed by atoms with E-state index >= 15 is 0 Å². The third-order valence-corrected chi connectivity index (χ3v) is 5.00. The van der Waals surface area contributed by atoms with Gasteiger partial charge in [-0.3, -0.25) is 14.9 Å². The number of ether oxygens (including phenoxy) is 1. The fourth-order valence-corrected chi connectivity index (χ4v) is 3.41. The number of amides is 2. The lowest BCUT2D eigenvalue weighted by Gasteiger charge is -2.35. The van der Waals surface area contributed by atoms with Crippen molar-refractivity contribution in [2.24, 2.45) is 0 Å². The Hall–Kier alpha value is -3.13. The molecule has 2 amide bonds. The van der Waals surface area contributed by atoms with E-state index in [0.717, 1.165) is 37.6 Å². The molecule has 1 aliphatic rings. The lowest BCUT2D eigenvalue weighted by molar-refractivity contribution is -0.129. The molecule has 0 spiro atoms. The summed E-state index contributed by atoms with van der Waals surface area (Å²) in [5, 5.41) is 5.90. The predicted octanol–water partition coefficient (Wildman–Crippen LogP) is 2.49. The van der Waals surface area contributed by atoms with Gasteiger partial charge in [-0.1, -0.05) is 12.1 Å². The minimum atomic E-state index is -0.333. The molecule has 7 nitrogen and oxygen atoms in total. The van der Waals surface area contributed by atoms with Crippen molar-refractivity contribution < 1.29 is 14.3 Å². The number of para-hydroxylation sites is 1. The van der Waals surface area contributed by atoms with E-state index in [1.54, 1.807) is 31.2 Å². The normalized spacial score (nSPS) is 13.6. The third-order valence-electron chi connectivity index (χ3n) is 4.79. The average molecular weight is 413 g/mol. The Morgan fingerprint density at radius 1 is 1.00 bits per heavy atom. The fraction of sp³-hybridized carbons (Fsp3) is 0.286. The quantitative estimate of drug-likeness (QED) is 0.752. The summed E-state index contributed by atoms with van der Waals surface area (Å²) in [5.74, 6) is 0.273. The van der Waals surface area contributed by atoms with Gasteiger partial charge < -0.3 is 19.9 Å². The number of hydrogen-bond acceptors (Lipinski definition) is 5. The molecule has 2 aromatic carbocycles. The standard InChI is InChI=1S/C21H24N4O3S/c1-15(26)24-11-13-25(14-12-24)17-9-7-16(8-10-17)22-21(29)23-20(27)18-5-3-4-6-19(18)28-2/h3-10H,11-14H2,1-2H3,(H2,22,23,27,29). The maximum atomic E-state index is 12.4. The second kappa shape index (κ2) is 9.38. The molecule has 1 fully saturated rings. The van der Waals surface area contributed by atoms with Crippen molar-refractivity contribution in [1.82, 2.24) is 10.2 Å². The topological polar surface area (TPSA) is 73.9 Å². The van der Waals surface area contributed by atoms with Gasteiger partial charge in [0.05, 0.1) is 12.7 Å². The van der Waals surface area contributed by atoms with Gasteiger partial charge in [0.25, 0.3) is 5.91 Å². The molecule has 0 aliphatic carbocycles. The van der Waals surface area contributed by atoms with E-state index in [-0.39, 0.29) is 16.9 Å². The van der Waals surface area contributed by atoms with Gasteiger partial charge >= 0.3 is 0 Å². The van der Waals surface area contributed by atoms with E-state index in [1.165, 1.54) is 7.11 Å². The first-order chi connectivity index (χ1) is 14.0. The average Bonchev–Trinajstić information content (AvgIpc) is 2.74. The van der Waals surface area contributed by atoms with Gasteiger partial charge in [0.15, 0.2) is 5.11 Å². The van der Waals surface area contributed by atoms with Crippen molar-refractivity contribution in [1.29, 1.82) is 0 Å². The third kappa shape index (κ3) is 5.23. The SMILES string of the molecule is COc1ccccc1C(=O)NC(=S)Nc1ccc(N2CCN(C(C)=O)CC2)cc1. The molecular formula is C21H24N4O3S. The second-order valence-electron chi connectivity index (χ2n) is 6.65. The Balaban J connectivity index is 1.55. The van der Waals surface area contributed by atoms with Crippen molar-refractivity contribution in [3.63, 3.8) is 0 Å². The van der Waals surface area contributed by atoms with Gasteiger partial charge in [-0.05, 0) is 48.6 Å². The monoisotopic (exact) mass is 412 g/mol. The fourth-order valence-electron chi connectivity index (χ4n) is 3.20. The number of piperazine rings is 1. The van der Waals surface area contributed by atoms with Gasteiger partial charge in [-0.15, -0.1) is 0 Å². The largest absolute Gasteiger partial charge is 0.496 e. The molecule has 0 aromatic heterocycles. The van der Waals surface area contributed by atoms with Crippen LogP contribution in [-0.4, -0.2) is 55.1 Å². The minimum Gasteiger partial charge on any atom is -0.496 e. The van der Waals surface area contributed by atoms with Gasteiger partial charge in [0.2, 0.25) is 5.91 Å². The molecular weight excluding hydrogens is 388 g/mol. The van der Waals surface area contributed by atoms with Crippen LogP contribution in [0.15, 0.2) is 48.5 Å². The van der Waals surface area contributed by atoms with E-state index in [9.17, 15) is 9.59 Å². The Labute approximate surface area is 175 Å². The Kier molecular flexibility index (Phi) is 6.66. The summed E-state index contributed by atoms with van der Waals surface area (Å²) in [6, 6.07) is 14.8. The Morgan fingerprint density at radius 2 is 1.66 bits per heavy atom. The Bertz CT molecular complexity index is 893. The first-order valence-corrected chi connectivity index (χ1v) is 9.74. The molecule has 0 saturated carbocycles. The summed E-state index contributed by atoms with van der Waals surface area (Å²) in [4.78, 5) is 27.9. The Morgan fingerprint density at radius 3 is 2.28 bits per heavy atom. The summed E-state index contributed by atoms with van der Waals surface area (Å²) in [6.45, 7) is 4.67. The van der Waals surface area contributed by atoms with E-state index in [4.69, 9.17) is 17.0 Å². The number of carbonyl (C=O) groups excluding carboxylic acids is 2. The van der Waals surface area contributed by atoms with Crippen LogP contribution >= 0.6 is 12.2 Å². The van der Waals surface area contributed by atoms with Crippen LogP contribution in [0.4, 0.5) is 11.4 Å². The van der Waals surface area contributed by atoms with Crippen LogP contribution in [0.3, 0.4) is 0 Å². The minimum absolute atomic E-state index is 0.118. The number of carbonyl (C=O) groups is 2. The highest BCUT2D eigenvalue weighted by molar-refractivity contribution is 7.80. The van der Waals surface area contributed by atoms with Crippen molar-refractivity contribution in [3.8, 4) is 5.75 Å². The van der Waals surface area contributed by atoms with Crippen molar-refractivity contribution >= 4 is 40.5 Å².